The van der Waals surface area contributed by atoms with Gasteiger partial charge in [0, 0.05) is 11.1 Å². The molecule has 1 heteroatoms. The molecule has 0 bridgehead atoms. The standard InChI is InChI=1S/C15H19N/c1-10(2)12-5-8-15-13(9-12)6-7-14(16-15)11(3)4/h5-11H,1-4H3. The topological polar surface area (TPSA) is 12.9 Å². The Labute approximate surface area is 97.5 Å². The van der Waals surface area contributed by atoms with E-state index >= 15 is 0 Å². The van der Waals surface area contributed by atoms with E-state index in [9.17, 15) is 0 Å². The van der Waals surface area contributed by atoms with Gasteiger partial charge in [-0.3, -0.25) is 4.98 Å². The highest BCUT2D eigenvalue weighted by Gasteiger charge is 2.04. The van der Waals surface area contributed by atoms with Gasteiger partial charge in [-0.2, -0.15) is 0 Å². The predicted octanol–water partition coefficient (Wildman–Crippen LogP) is 4.48. The average molecular weight is 213 g/mol. The molecule has 2 rings (SSSR count). The highest BCUT2D eigenvalue weighted by Crippen LogP contribution is 2.22. The van der Waals surface area contributed by atoms with Gasteiger partial charge in [0.15, 0.2) is 0 Å². The molecule has 0 saturated carbocycles. The van der Waals surface area contributed by atoms with Crippen molar-refractivity contribution in [3.63, 3.8) is 0 Å². The SMILES string of the molecule is CC(C)c1ccc2nc(C(C)C)ccc2c1. The van der Waals surface area contributed by atoms with Crippen LogP contribution in [-0.4, -0.2) is 4.98 Å². The van der Waals surface area contributed by atoms with Crippen LogP contribution in [0.5, 0.6) is 0 Å². The fourth-order valence-corrected chi connectivity index (χ4v) is 1.84. The third-order valence-corrected chi connectivity index (χ3v) is 2.99. The number of pyridine rings is 1. The lowest BCUT2D eigenvalue weighted by atomic mass is 10.0. The second-order valence-electron chi connectivity index (χ2n) is 5.00. The van der Waals surface area contributed by atoms with Crippen molar-refractivity contribution in [2.45, 2.75) is 39.5 Å². The predicted molar refractivity (Wildman–Crippen MR) is 69.9 cm³/mol. The van der Waals surface area contributed by atoms with Crippen molar-refractivity contribution in [1.82, 2.24) is 4.98 Å². The number of aromatic nitrogens is 1. The summed E-state index contributed by atoms with van der Waals surface area (Å²) in [4.78, 5) is 4.68. The van der Waals surface area contributed by atoms with E-state index in [1.54, 1.807) is 0 Å². The van der Waals surface area contributed by atoms with E-state index in [-0.39, 0.29) is 0 Å². The lowest BCUT2D eigenvalue weighted by Crippen LogP contribution is -1.93. The van der Waals surface area contributed by atoms with Crippen LogP contribution in [0.2, 0.25) is 0 Å². The number of benzene rings is 1. The van der Waals surface area contributed by atoms with Gasteiger partial charge in [0.25, 0.3) is 0 Å². The second-order valence-corrected chi connectivity index (χ2v) is 5.00. The van der Waals surface area contributed by atoms with Gasteiger partial charge >= 0.3 is 0 Å². The number of hydrogen-bond acceptors (Lipinski definition) is 1. The normalized spacial score (nSPS) is 11.6. The van der Waals surface area contributed by atoms with Gasteiger partial charge in [-0.1, -0.05) is 39.8 Å². The Balaban J connectivity index is 2.53. The van der Waals surface area contributed by atoms with Crippen LogP contribution in [0.4, 0.5) is 0 Å². The molecule has 1 nitrogen and oxygen atoms in total. The van der Waals surface area contributed by atoms with Crippen molar-refractivity contribution < 1.29 is 0 Å². The molecule has 0 radical (unpaired) electrons. The highest BCUT2D eigenvalue weighted by molar-refractivity contribution is 5.79. The lowest BCUT2D eigenvalue weighted by molar-refractivity contribution is 0.829. The van der Waals surface area contributed by atoms with Crippen LogP contribution in [0.15, 0.2) is 30.3 Å². The summed E-state index contributed by atoms with van der Waals surface area (Å²) < 4.78 is 0. The molecule has 0 fully saturated rings. The smallest absolute Gasteiger partial charge is 0.0705 e. The van der Waals surface area contributed by atoms with Crippen LogP contribution in [0.3, 0.4) is 0 Å². The van der Waals surface area contributed by atoms with Gasteiger partial charge in [0.2, 0.25) is 0 Å². The summed E-state index contributed by atoms with van der Waals surface area (Å²) in [6, 6.07) is 10.9. The molecule has 2 aromatic rings. The Bertz CT molecular complexity index is 451. The van der Waals surface area contributed by atoms with E-state index in [0.717, 1.165) is 5.52 Å². The first-order valence-corrected chi connectivity index (χ1v) is 5.98. The number of hydrogen-bond donors (Lipinski definition) is 0. The van der Waals surface area contributed by atoms with Crippen LogP contribution in [-0.2, 0) is 0 Å². The zero-order valence-corrected chi connectivity index (χ0v) is 10.5. The Morgan fingerprint density at radius 2 is 1.62 bits per heavy atom. The van der Waals surface area contributed by atoms with Crippen molar-refractivity contribution in [2.24, 2.45) is 0 Å². The molecule has 0 aliphatic rings. The Morgan fingerprint density at radius 1 is 0.875 bits per heavy atom. The summed E-state index contributed by atoms with van der Waals surface area (Å²) >= 11 is 0. The molecule has 0 saturated heterocycles. The number of rotatable bonds is 2. The number of nitrogens with zero attached hydrogens (tertiary/aromatic N) is 1. The largest absolute Gasteiger partial charge is 0.253 e. The van der Waals surface area contributed by atoms with Gasteiger partial charge in [-0.25, -0.2) is 0 Å². The Morgan fingerprint density at radius 3 is 2.25 bits per heavy atom. The highest BCUT2D eigenvalue weighted by atomic mass is 14.7. The van der Waals surface area contributed by atoms with Crippen LogP contribution < -0.4 is 0 Å². The van der Waals surface area contributed by atoms with E-state index in [2.05, 4.69) is 63.0 Å². The summed E-state index contributed by atoms with van der Waals surface area (Å²) in [6.45, 7) is 8.79. The molecule has 0 spiro atoms. The molecule has 0 amide bonds. The van der Waals surface area contributed by atoms with Crippen LogP contribution in [0, 0.1) is 0 Å². The molecule has 1 heterocycles. The van der Waals surface area contributed by atoms with E-state index in [0.29, 0.717) is 11.8 Å². The summed E-state index contributed by atoms with van der Waals surface area (Å²) in [5.41, 5.74) is 3.66. The first kappa shape index (κ1) is 11.1. The van der Waals surface area contributed by atoms with Crippen molar-refractivity contribution >= 4 is 10.9 Å². The van der Waals surface area contributed by atoms with Crippen molar-refractivity contribution in [3.05, 3.63) is 41.6 Å². The summed E-state index contributed by atoms with van der Waals surface area (Å²) in [5.74, 6) is 1.07. The minimum absolute atomic E-state index is 0.495. The molecule has 1 aromatic heterocycles. The third kappa shape index (κ3) is 2.08. The minimum atomic E-state index is 0.495. The van der Waals surface area contributed by atoms with Gasteiger partial charge in [0.05, 0.1) is 5.52 Å². The second kappa shape index (κ2) is 4.25. The maximum absolute atomic E-state index is 4.68. The van der Waals surface area contributed by atoms with E-state index in [1.807, 2.05) is 0 Å². The summed E-state index contributed by atoms with van der Waals surface area (Å²) in [7, 11) is 0. The molecular formula is C15H19N. The maximum atomic E-state index is 4.68. The zero-order chi connectivity index (χ0) is 11.7. The fourth-order valence-electron chi connectivity index (χ4n) is 1.84. The molecular weight excluding hydrogens is 194 g/mol. The van der Waals surface area contributed by atoms with E-state index in [4.69, 9.17) is 0 Å². The van der Waals surface area contributed by atoms with Crippen molar-refractivity contribution in [1.29, 1.82) is 0 Å². The van der Waals surface area contributed by atoms with E-state index < -0.39 is 0 Å². The molecule has 0 aliphatic carbocycles. The fraction of sp³-hybridized carbons (Fsp3) is 0.400. The summed E-state index contributed by atoms with van der Waals surface area (Å²) in [6.07, 6.45) is 0. The van der Waals surface area contributed by atoms with Gasteiger partial charge in [-0.05, 0) is 35.6 Å². The molecule has 1 aromatic carbocycles. The van der Waals surface area contributed by atoms with Gasteiger partial charge < -0.3 is 0 Å². The molecule has 16 heavy (non-hydrogen) atoms. The molecule has 0 atom stereocenters. The molecule has 84 valence electrons. The van der Waals surface area contributed by atoms with Crippen molar-refractivity contribution in [2.75, 3.05) is 0 Å². The maximum Gasteiger partial charge on any atom is 0.0705 e. The summed E-state index contributed by atoms with van der Waals surface area (Å²) in [5, 5.41) is 1.25. The number of fused-ring (bicyclic) bond motifs is 1. The molecule has 0 N–H and O–H groups in total. The monoisotopic (exact) mass is 213 g/mol. The minimum Gasteiger partial charge on any atom is -0.253 e. The third-order valence-electron chi connectivity index (χ3n) is 2.99. The van der Waals surface area contributed by atoms with Crippen LogP contribution in [0.1, 0.15) is 50.8 Å². The Kier molecular flexibility index (Phi) is 2.95. The van der Waals surface area contributed by atoms with Crippen molar-refractivity contribution in [3.8, 4) is 0 Å². The van der Waals surface area contributed by atoms with Gasteiger partial charge in [-0.15, -0.1) is 0 Å². The molecule has 0 unspecified atom stereocenters. The Hall–Kier alpha value is -1.37. The zero-order valence-electron chi connectivity index (χ0n) is 10.5. The van der Waals surface area contributed by atoms with Crippen LogP contribution in [0.25, 0.3) is 10.9 Å². The first-order valence-electron chi connectivity index (χ1n) is 5.98. The average Bonchev–Trinajstić information content (AvgIpc) is 2.27. The van der Waals surface area contributed by atoms with E-state index in [1.165, 1.54) is 16.6 Å². The molecule has 0 aliphatic heterocycles. The van der Waals surface area contributed by atoms with Crippen LogP contribution >= 0.6 is 0 Å². The van der Waals surface area contributed by atoms with Gasteiger partial charge in [0.1, 0.15) is 0 Å². The quantitative estimate of drug-likeness (QED) is 0.716. The first-order chi connectivity index (χ1) is 7.58. The lowest BCUT2D eigenvalue weighted by Gasteiger charge is -2.09.